The highest BCUT2D eigenvalue weighted by atomic mass is 35.5. The van der Waals surface area contributed by atoms with Crippen LogP contribution in [0.4, 0.5) is 0 Å². The van der Waals surface area contributed by atoms with E-state index in [9.17, 15) is 9.59 Å². The zero-order valence-electron chi connectivity index (χ0n) is 29.8. The molecular weight excluding hydrogens is 643 g/mol. The second-order valence-electron chi connectivity index (χ2n) is 13.8. The van der Waals surface area contributed by atoms with Crippen molar-refractivity contribution in [2.45, 2.75) is 63.7 Å². The molecule has 0 bridgehead atoms. The fourth-order valence-electron chi connectivity index (χ4n) is 6.84. The molecule has 0 radical (unpaired) electrons. The van der Waals surface area contributed by atoms with Gasteiger partial charge in [-0.3, -0.25) is 14.5 Å². The van der Waals surface area contributed by atoms with E-state index in [0.29, 0.717) is 30.3 Å². The van der Waals surface area contributed by atoms with E-state index < -0.39 is 0 Å². The number of nitrogens with two attached hydrogens (primary N) is 1. The van der Waals surface area contributed by atoms with Crippen molar-refractivity contribution >= 4 is 35.0 Å². The van der Waals surface area contributed by atoms with Crippen LogP contribution >= 0.6 is 23.2 Å². The van der Waals surface area contributed by atoms with E-state index in [1.54, 1.807) is 0 Å². The van der Waals surface area contributed by atoms with Crippen LogP contribution in [0.25, 0.3) is 0 Å². The van der Waals surface area contributed by atoms with Crippen molar-refractivity contribution in [2.75, 3.05) is 79.2 Å². The number of carbonyl (C=O) groups is 2. The number of halogens is 2. The second-order valence-corrected chi connectivity index (χ2v) is 14.6. The Morgan fingerprint density at radius 3 is 1.60 bits per heavy atom. The maximum atomic E-state index is 12.7. The molecule has 2 saturated carbocycles. The average molecular weight is 704 g/mol. The number of benzene rings is 2. The number of hydrogen-bond donors (Lipinski definition) is 1. The molecule has 2 aromatic carbocycles. The summed E-state index contributed by atoms with van der Waals surface area (Å²) in [5.74, 6) is 2.29. The SMILES string of the molecule is CN(CCCl)CCCl.CN(Cc1ccccc1)C(=O)C1CC[C@H](N)C1.CN1CCN(C2CCC(C(=O)N(C)Cc3ccccc3)C2)CC1. The quantitative estimate of drug-likeness (QED) is 0.324. The van der Waals surface area contributed by atoms with Crippen molar-refractivity contribution in [3.63, 3.8) is 0 Å². The molecule has 1 saturated heterocycles. The van der Waals surface area contributed by atoms with Crippen molar-refractivity contribution in [1.82, 2.24) is 24.5 Å². The maximum Gasteiger partial charge on any atom is 0.225 e. The van der Waals surface area contributed by atoms with Gasteiger partial charge in [0.05, 0.1) is 0 Å². The molecule has 0 spiro atoms. The average Bonchev–Trinajstić information content (AvgIpc) is 3.76. The number of amides is 2. The number of nitrogens with zero attached hydrogens (tertiary/aromatic N) is 5. The Hall–Kier alpha value is -2.20. The number of likely N-dealkylation sites (N-methyl/N-ethyl adjacent to an activating group) is 1. The number of carbonyl (C=O) groups excluding carboxylic acids is 2. The van der Waals surface area contributed by atoms with Crippen LogP contribution in [0.2, 0.25) is 0 Å². The van der Waals surface area contributed by atoms with Crippen LogP contribution in [0.15, 0.2) is 60.7 Å². The van der Waals surface area contributed by atoms with E-state index in [1.165, 1.54) is 17.5 Å². The molecule has 4 atom stereocenters. The molecule has 48 heavy (non-hydrogen) atoms. The fraction of sp³-hybridized carbons (Fsp3) is 0.632. The highest BCUT2D eigenvalue weighted by molar-refractivity contribution is 6.18. The van der Waals surface area contributed by atoms with Crippen molar-refractivity contribution in [3.8, 4) is 0 Å². The summed E-state index contributed by atoms with van der Waals surface area (Å²) in [5, 5.41) is 0. The largest absolute Gasteiger partial charge is 0.341 e. The van der Waals surface area contributed by atoms with Crippen molar-refractivity contribution in [3.05, 3.63) is 71.8 Å². The Morgan fingerprint density at radius 2 is 1.17 bits per heavy atom. The first kappa shape index (κ1) is 40.2. The third-order valence-corrected chi connectivity index (χ3v) is 10.2. The van der Waals surface area contributed by atoms with Gasteiger partial charge in [0.1, 0.15) is 0 Å². The molecule has 0 aromatic heterocycles. The summed E-state index contributed by atoms with van der Waals surface area (Å²) in [6.07, 6.45) is 6.04. The minimum atomic E-state index is 0.138. The van der Waals surface area contributed by atoms with Gasteiger partial charge in [-0.2, -0.15) is 0 Å². The van der Waals surface area contributed by atoms with Crippen LogP contribution in [0, 0.1) is 11.8 Å². The van der Waals surface area contributed by atoms with E-state index in [4.69, 9.17) is 28.9 Å². The lowest BCUT2D eigenvalue weighted by atomic mass is 10.1. The first-order valence-electron chi connectivity index (χ1n) is 17.7. The minimum absolute atomic E-state index is 0.138. The molecule has 8 nitrogen and oxygen atoms in total. The Labute approximate surface area is 300 Å². The Bertz CT molecular complexity index is 1180. The van der Waals surface area contributed by atoms with Gasteiger partial charge in [-0.05, 0) is 63.7 Å². The van der Waals surface area contributed by atoms with Crippen LogP contribution in [0.3, 0.4) is 0 Å². The lowest BCUT2D eigenvalue weighted by molar-refractivity contribution is -0.135. The van der Waals surface area contributed by atoms with Crippen molar-refractivity contribution in [2.24, 2.45) is 17.6 Å². The smallest absolute Gasteiger partial charge is 0.225 e. The summed E-state index contributed by atoms with van der Waals surface area (Å²) in [5.41, 5.74) is 8.22. The molecule has 3 unspecified atom stereocenters. The van der Waals surface area contributed by atoms with Gasteiger partial charge in [-0.1, -0.05) is 60.7 Å². The van der Waals surface area contributed by atoms with Crippen LogP contribution in [0.1, 0.15) is 49.7 Å². The summed E-state index contributed by atoms with van der Waals surface area (Å²) < 4.78 is 0. The number of hydrogen-bond acceptors (Lipinski definition) is 6. The van der Waals surface area contributed by atoms with Crippen molar-refractivity contribution in [1.29, 1.82) is 0 Å². The van der Waals surface area contributed by atoms with Crippen LogP contribution in [-0.4, -0.2) is 128 Å². The van der Waals surface area contributed by atoms with Crippen molar-refractivity contribution < 1.29 is 9.59 Å². The molecule has 5 rings (SSSR count). The predicted octanol–water partition coefficient (Wildman–Crippen LogP) is 5.23. The summed E-state index contributed by atoms with van der Waals surface area (Å²) >= 11 is 10.9. The highest BCUT2D eigenvalue weighted by Gasteiger charge is 2.35. The molecule has 268 valence electrons. The van der Waals surface area contributed by atoms with Gasteiger partial charge in [0.15, 0.2) is 0 Å². The van der Waals surface area contributed by atoms with E-state index >= 15 is 0 Å². The fourth-order valence-corrected chi connectivity index (χ4v) is 7.41. The third kappa shape index (κ3) is 14.0. The molecule has 10 heteroatoms. The zero-order chi connectivity index (χ0) is 34.9. The third-order valence-electron chi connectivity index (χ3n) is 9.84. The maximum absolute atomic E-state index is 12.7. The molecule has 2 aromatic rings. The number of piperazine rings is 1. The zero-order valence-corrected chi connectivity index (χ0v) is 31.3. The number of rotatable bonds is 11. The van der Waals surface area contributed by atoms with E-state index in [1.807, 2.05) is 79.5 Å². The second kappa shape index (κ2) is 21.8. The molecule has 3 aliphatic rings. The van der Waals surface area contributed by atoms with Crippen LogP contribution in [-0.2, 0) is 22.7 Å². The first-order valence-corrected chi connectivity index (χ1v) is 18.7. The molecule has 1 heterocycles. The monoisotopic (exact) mass is 702 g/mol. The molecule has 1 aliphatic heterocycles. The first-order chi connectivity index (χ1) is 23.1. The molecule has 2 N–H and O–H groups in total. The molecular formula is C38H60Cl2N6O2. The minimum Gasteiger partial charge on any atom is -0.341 e. The van der Waals surface area contributed by atoms with E-state index in [0.717, 1.165) is 77.9 Å². The Balaban J connectivity index is 0.000000219. The summed E-state index contributed by atoms with van der Waals surface area (Å²) in [7, 11) is 8.01. The van der Waals surface area contributed by atoms with Gasteiger partial charge >= 0.3 is 0 Å². The summed E-state index contributed by atoms with van der Waals surface area (Å²) in [4.78, 5) is 35.7. The molecule has 2 amide bonds. The molecule has 3 fully saturated rings. The lowest BCUT2D eigenvalue weighted by Crippen LogP contribution is -2.48. The normalized spacial score (nSPS) is 22.8. The predicted molar refractivity (Wildman–Crippen MR) is 200 cm³/mol. The van der Waals surface area contributed by atoms with Gasteiger partial charge in [0, 0.05) is 102 Å². The van der Waals surface area contributed by atoms with Gasteiger partial charge in [-0.25, -0.2) is 0 Å². The summed E-state index contributed by atoms with van der Waals surface area (Å²) in [6, 6.07) is 21.2. The van der Waals surface area contributed by atoms with E-state index in [2.05, 4.69) is 33.9 Å². The Kier molecular flexibility index (Phi) is 18.3. The molecule has 2 aliphatic carbocycles. The van der Waals surface area contributed by atoms with Crippen LogP contribution < -0.4 is 5.73 Å². The van der Waals surface area contributed by atoms with Gasteiger partial charge < -0.3 is 25.3 Å². The summed E-state index contributed by atoms with van der Waals surface area (Å²) in [6.45, 7) is 7.87. The highest BCUT2D eigenvalue weighted by Crippen LogP contribution is 2.31. The Morgan fingerprint density at radius 1 is 0.708 bits per heavy atom. The number of alkyl halides is 2. The van der Waals surface area contributed by atoms with E-state index in [-0.39, 0.29) is 23.8 Å². The lowest BCUT2D eigenvalue weighted by Gasteiger charge is -2.36. The topological polar surface area (TPSA) is 76.4 Å². The van der Waals surface area contributed by atoms with Gasteiger partial charge in [-0.15, -0.1) is 23.2 Å². The van der Waals surface area contributed by atoms with Gasteiger partial charge in [0.2, 0.25) is 11.8 Å². The van der Waals surface area contributed by atoms with Gasteiger partial charge in [0.25, 0.3) is 0 Å². The standard InChI is InChI=1S/C19H29N3O.C14H20N2O.C5H11Cl2N/c1-20-10-12-22(13-11-20)18-9-8-17(14-18)19(23)21(2)15-16-6-4-3-5-7-16;1-16(10-11-5-3-2-4-6-11)14(17)12-7-8-13(15)9-12;1-8(4-2-6)5-3-7/h3-7,17-18H,8-15H2,1-2H3;2-6,12-13H,7-10,15H2,1H3;2-5H2,1H3/t;12?,13-;/m.0./s1. The van der Waals surface area contributed by atoms with Crippen LogP contribution in [0.5, 0.6) is 0 Å².